The Morgan fingerprint density at radius 2 is 1.75 bits per heavy atom. The number of nitrogens with one attached hydrogen (secondary N) is 1. The monoisotopic (exact) mass is 277 g/mol. The van der Waals surface area contributed by atoms with Crippen LogP contribution in [-0.2, 0) is 4.74 Å². The molecule has 0 aromatic heterocycles. The van der Waals surface area contributed by atoms with E-state index in [0.29, 0.717) is 5.92 Å². The highest BCUT2D eigenvalue weighted by Gasteiger charge is 2.15. The molecule has 0 heterocycles. The number of methoxy groups -OCH3 is 1. The molecule has 114 valence electrons. The van der Waals surface area contributed by atoms with Crippen molar-refractivity contribution in [2.24, 2.45) is 0 Å². The molecule has 0 amide bonds. The summed E-state index contributed by atoms with van der Waals surface area (Å²) in [6, 6.07) is 10.9. The van der Waals surface area contributed by atoms with Gasteiger partial charge < -0.3 is 10.1 Å². The van der Waals surface area contributed by atoms with Crippen molar-refractivity contribution in [1.29, 1.82) is 0 Å². The van der Waals surface area contributed by atoms with Gasteiger partial charge in [-0.3, -0.25) is 0 Å². The molecule has 1 aromatic rings. The Balaban J connectivity index is 2.47. The molecule has 0 saturated carbocycles. The minimum absolute atomic E-state index is 0.184. The molecule has 0 spiro atoms. The molecule has 0 aliphatic heterocycles. The lowest BCUT2D eigenvalue weighted by Gasteiger charge is -2.25. The van der Waals surface area contributed by atoms with E-state index in [4.69, 9.17) is 4.74 Å². The van der Waals surface area contributed by atoms with Gasteiger partial charge in [-0.05, 0) is 45.1 Å². The molecule has 1 unspecified atom stereocenters. The summed E-state index contributed by atoms with van der Waals surface area (Å²) in [5, 5.41) is 3.65. The average Bonchev–Trinajstić information content (AvgIpc) is 2.42. The highest BCUT2D eigenvalue weighted by molar-refractivity contribution is 5.19. The third kappa shape index (κ3) is 7.66. The molecule has 1 atom stereocenters. The van der Waals surface area contributed by atoms with E-state index in [1.165, 1.54) is 31.2 Å². The summed E-state index contributed by atoms with van der Waals surface area (Å²) in [7, 11) is 1.78. The molecule has 1 aromatic carbocycles. The van der Waals surface area contributed by atoms with Crippen molar-refractivity contribution < 1.29 is 4.74 Å². The lowest BCUT2D eigenvalue weighted by molar-refractivity contribution is 0.191. The molecule has 20 heavy (non-hydrogen) atoms. The lowest BCUT2D eigenvalue weighted by Crippen LogP contribution is -2.38. The van der Waals surface area contributed by atoms with Crippen LogP contribution in [0.25, 0.3) is 0 Å². The third-order valence-electron chi connectivity index (χ3n) is 3.55. The summed E-state index contributed by atoms with van der Waals surface area (Å²) < 4.78 is 5.11. The van der Waals surface area contributed by atoms with Crippen LogP contribution in [0.4, 0.5) is 0 Å². The van der Waals surface area contributed by atoms with Gasteiger partial charge in [0, 0.05) is 25.8 Å². The Bertz CT molecular complexity index is 342. The van der Waals surface area contributed by atoms with Crippen LogP contribution in [0.1, 0.15) is 57.9 Å². The van der Waals surface area contributed by atoms with Gasteiger partial charge in [0.05, 0.1) is 0 Å². The Morgan fingerprint density at radius 3 is 2.35 bits per heavy atom. The summed E-state index contributed by atoms with van der Waals surface area (Å²) >= 11 is 0. The standard InChI is InChI=1S/C18H31NO/c1-18(2,3)19-15-17(13-9-6-10-14-20-4)16-11-7-5-8-12-16/h5,7-8,11-12,17,19H,6,9-10,13-15H2,1-4H3. The van der Waals surface area contributed by atoms with Crippen molar-refractivity contribution in [3.63, 3.8) is 0 Å². The summed E-state index contributed by atoms with van der Waals surface area (Å²) in [6.45, 7) is 8.63. The normalized spacial score (nSPS) is 13.4. The van der Waals surface area contributed by atoms with Gasteiger partial charge in [0.2, 0.25) is 0 Å². The first kappa shape index (κ1) is 17.2. The predicted molar refractivity (Wildman–Crippen MR) is 87.3 cm³/mol. The van der Waals surface area contributed by atoms with E-state index in [9.17, 15) is 0 Å². The molecule has 1 N–H and O–H groups in total. The lowest BCUT2D eigenvalue weighted by atomic mass is 9.92. The molecular weight excluding hydrogens is 246 g/mol. The van der Waals surface area contributed by atoms with E-state index >= 15 is 0 Å². The molecular formula is C18H31NO. The quantitative estimate of drug-likeness (QED) is 0.677. The zero-order valence-electron chi connectivity index (χ0n) is 13.6. The molecule has 0 saturated heterocycles. The topological polar surface area (TPSA) is 21.3 Å². The first-order chi connectivity index (χ1) is 9.53. The van der Waals surface area contributed by atoms with Crippen molar-refractivity contribution in [2.75, 3.05) is 20.3 Å². The van der Waals surface area contributed by atoms with Gasteiger partial charge in [0.1, 0.15) is 0 Å². The van der Waals surface area contributed by atoms with E-state index in [1.807, 2.05) is 0 Å². The van der Waals surface area contributed by atoms with Crippen molar-refractivity contribution in [1.82, 2.24) is 5.32 Å². The number of unbranched alkanes of at least 4 members (excludes halogenated alkanes) is 2. The summed E-state index contributed by atoms with van der Waals surface area (Å²) in [5.74, 6) is 0.609. The fourth-order valence-corrected chi connectivity index (χ4v) is 2.36. The third-order valence-corrected chi connectivity index (χ3v) is 3.55. The highest BCUT2D eigenvalue weighted by Crippen LogP contribution is 2.22. The maximum absolute atomic E-state index is 5.11. The summed E-state index contributed by atoms with van der Waals surface area (Å²) in [6.07, 6.45) is 4.95. The SMILES string of the molecule is COCCCCCC(CNC(C)(C)C)c1ccccc1. The second kappa shape index (κ2) is 9.15. The van der Waals surface area contributed by atoms with Crippen LogP contribution in [0.2, 0.25) is 0 Å². The molecule has 0 aliphatic carbocycles. The Morgan fingerprint density at radius 1 is 1.05 bits per heavy atom. The van der Waals surface area contributed by atoms with Crippen LogP contribution in [0.5, 0.6) is 0 Å². The maximum Gasteiger partial charge on any atom is 0.0462 e. The second-order valence-electron chi connectivity index (χ2n) is 6.58. The zero-order chi connectivity index (χ0) is 14.8. The Labute approximate surface area is 124 Å². The van der Waals surface area contributed by atoms with Gasteiger partial charge in [-0.2, -0.15) is 0 Å². The minimum Gasteiger partial charge on any atom is -0.385 e. The Hall–Kier alpha value is -0.860. The summed E-state index contributed by atoms with van der Waals surface area (Å²) in [5.41, 5.74) is 1.64. The molecule has 0 aliphatic rings. The fraction of sp³-hybridized carbons (Fsp3) is 0.667. The van der Waals surface area contributed by atoms with E-state index in [-0.39, 0.29) is 5.54 Å². The van der Waals surface area contributed by atoms with Gasteiger partial charge >= 0.3 is 0 Å². The van der Waals surface area contributed by atoms with Gasteiger partial charge in [0.15, 0.2) is 0 Å². The van der Waals surface area contributed by atoms with Gasteiger partial charge in [-0.15, -0.1) is 0 Å². The van der Waals surface area contributed by atoms with Crippen LogP contribution < -0.4 is 5.32 Å². The van der Waals surface area contributed by atoms with E-state index in [2.05, 4.69) is 56.4 Å². The average molecular weight is 277 g/mol. The fourth-order valence-electron chi connectivity index (χ4n) is 2.36. The first-order valence-electron chi connectivity index (χ1n) is 7.82. The van der Waals surface area contributed by atoms with Crippen molar-refractivity contribution in [3.05, 3.63) is 35.9 Å². The number of ether oxygens (including phenoxy) is 1. The van der Waals surface area contributed by atoms with Gasteiger partial charge in [-0.1, -0.05) is 43.2 Å². The minimum atomic E-state index is 0.184. The number of hydrogen-bond acceptors (Lipinski definition) is 2. The van der Waals surface area contributed by atoms with Crippen molar-refractivity contribution in [3.8, 4) is 0 Å². The highest BCUT2D eigenvalue weighted by atomic mass is 16.5. The van der Waals surface area contributed by atoms with E-state index in [0.717, 1.165) is 13.2 Å². The van der Waals surface area contributed by atoms with E-state index < -0.39 is 0 Å². The van der Waals surface area contributed by atoms with Crippen molar-refractivity contribution in [2.45, 2.75) is 57.9 Å². The first-order valence-corrected chi connectivity index (χ1v) is 7.82. The predicted octanol–water partition coefficient (Wildman–Crippen LogP) is 4.37. The molecule has 0 bridgehead atoms. The number of rotatable bonds is 9. The van der Waals surface area contributed by atoms with Crippen molar-refractivity contribution >= 4 is 0 Å². The van der Waals surface area contributed by atoms with Crippen LogP contribution >= 0.6 is 0 Å². The molecule has 1 rings (SSSR count). The number of benzene rings is 1. The Kier molecular flexibility index (Phi) is 7.86. The second-order valence-corrected chi connectivity index (χ2v) is 6.58. The van der Waals surface area contributed by atoms with Gasteiger partial charge in [-0.25, -0.2) is 0 Å². The van der Waals surface area contributed by atoms with Gasteiger partial charge in [0.25, 0.3) is 0 Å². The summed E-state index contributed by atoms with van der Waals surface area (Å²) in [4.78, 5) is 0. The van der Waals surface area contributed by atoms with Crippen LogP contribution in [-0.4, -0.2) is 25.8 Å². The smallest absolute Gasteiger partial charge is 0.0462 e. The molecule has 2 heteroatoms. The molecule has 0 radical (unpaired) electrons. The van der Waals surface area contributed by atoms with Crippen LogP contribution in [0.3, 0.4) is 0 Å². The van der Waals surface area contributed by atoms with Crippen LogP contribution in [0.15, 0.2) is 30.3 Å². The zero-order valence-corrected chi connectivity index (χ0v) is 13.6. The molecule has 2 nitrogen and oxygen atoms in total. The number of hydrogen-bond donors (Lipinski definition) is 1. The largest absolute Gasteiger partial charge is 0.385 e. The maximum atomic E-state index is 5.11. The van der Waals surface area contributed by atoms with Crippen LogP contribution in [0, 0.1) is 0 Å². The van der Waals surface area contributed by atoms with E-state index in [1.54, 1.807) is 7.11 Å². The molecule has 0 fully saturated rings.